The molecule has 18 heavy (non-hydrogen) atoms. The van der Waals surface area contributed by atoms with Crippen LogP contribution in [-0.4, -0.2) is 16.9 Å². The number of unbranched alkanes of at least 4 members (excludes halogenated alkanes) is 3. The first-order valence-corrected chi connectivity index (χ1v) is 8.15. The molecule has 1 aromatic carbocycles. The van der Waals surface area contributed by atoms with E-state index < -0.39 is 0 Å². The molecule has 0 radical (unpaired) electrons. The van der Waals surface area contributed by atoms with Crippen molar-refractivity contribution < 1.29 is 4.79 Å². The topological polar surface area (TPSA) is 29.1 Å². The van der Waals surface area contributed by atoms with E-state index in [-0.39, 0.29) is 5.91 Å². The largest absolute Gasteiger partial charge is 0.352 e. The summed E-state index contributed by atoms with van der Waals surface area (Å²) in [6.45, 7) is 2.68. The van der Waals surface area contributed by atoms with Gasteiger partial charge in [-0.25, -0.2) is 0 Å². The van der Waals surface area contributed by atoms with Gasteiger partial charge < -0.3 is 5.32 Å². The Balaban J connectivity index is 2.32. The Labute approximate surface area is 128 Å². The maximum Gasteiger partial charge on any atom is 0.251 e. The summed E-state index contributed by atoms with van der Waals surface area (Å²) in [5, 5.41) is 3.54. The first-order valence-electron chi connectivity index (χ1n) is 6.25. The molecule has 0 saturated heterocycles. The van der Waals surface area contributed by atoms with Crippen LogP contribution < -0.4 is 5.32 Å². The van der Waals surface area contributed by atoms with Crippen LogP contribution in [0.15, 0.2) is 18.2 Å². The van der Waals surface area contributed by atoms with E-state index >= 15 is 0 Å². The molecule has 0 aliphatic rings. The van der Waals surface area contributed by atoms with E-state index in [9.17, 15) is 4.79 Å². The highest BCUT2D eigenvalue weighted by atomic mass is 127. The third kappa shape index (κ3) is 6.05. The molecule has 0 bridgehead atoms. The minimum atomic E-state index is -0.0329. The minimum Gasteiger partial charge on any atom is -0.352 e. The van der Waals surface area contributed by atoms with E-state index in [1.165, 1.54) is 23.7 Å². The van der Waals surface area contributed by atoms with Crippen molar-refractivity contribution in [1.82, 2.24) is 5.32 Å². The molecule has 1 N–H and O–H groups in total. The molecule has 1 rings (SSSR count). The fourth-order valence-corrected chi connectivity index (χ4v) is 2.57. The van der Waals surface area contributed by atoms with E-state index in [0.29, 0.717) is 10.6 Å². The van der Waals surface area contributed by atoms with Gasteiger partial charge in [-0.05, 0) is 48.0 Å². The number of aryl methyl sites for hydroxylation is 1. The van der Waals surface area contributed by atoms with Gasteiger partial charge in [-0.15, -0.1) is 0 Å². The van der Waals surface area contributed by atoms with Crippen LogP contribution in [0.25, 0.3) is 0 Å². The van der Waals surface area contributed by atoms with Gasteiger partial charge in [0.05, 0.1) is 0 Å². The summed E-state index contributed by atoms with van der Waals surface area (Å²) >= 11 is 8.32. The zero-order chi connectivity index (χ0) is 13.4. The lowest BCUT2D eigenvalue weighted by Crippen LogP contribution is -2.24. The molecule has 1 amide bonds. The Morgan fingerprint density at radius 3 is 2.61 bits per heavy atom. The van der Waals surface area contributed by atoms with Gasteiger partial charge in [-0.1, -0.05) is 47.0 Å². The van der Waals surface area contributed by atoms with Gasteiger partial charge in [-0.3, -0.25) is 4.79 Å². The van der Waals surface area contributed by atoms with Crippen molar-refractivity contribution in [3.8, 4) is 0 Å². The number of nitrogens with one attached hydrogen (secondary N) is 1. The van der Waals surface area contributed by atoms with Gasteiger partial charge >= 0.3 is 0 Å². The average molecular weight is 380 g/mol. The Hall–Kier alpha value is -0.290. The first-order chi connectivity index (χ1) is 8.63. The van der Waals surface area contributed by atoms with Crippen molar-refractivity contribution in [3.05, 3.63) is 34.3 Å². The number of benzene rings is 1. The molecule has 0 aromatic heterocycles. The van der Waals surface area contributed by atoms with E-state index in [4.69, 9.17) is 11.6 Å². The molecule has 1 aromatic rings. The Bertz CT molecular complexity index is 375. The molecule has 0 aliphatic heterocycles. The van der Waals surface area contributed by atoms with Crippen LogP contribution >= 0.6 is 34.2 Å². The molecular formula is C14H19ClINO. The molecule has 0 fully saturated rings. The summed E-state index contributed by atoms with van der Waals surface area (Å²) in [5.41, 5.74) is 1.65. The molecule has 2 nitrogen and oxygen atoms in total. The number of hydrogen-bond donors (Lipinski definition) is 1. The van der Waals surface area contributed by atoms with Crippen molar-refractivity contribution >= 4 is 40.1 Å². The van der Waals surface area contributed by atoms with Crippen LogP contribution in [0.4, 0.5) is 0 Å². The average Bonchev–Trinajstić information content (AvgIpc) is 2.32. The maximum absolute atomic E-state index is 11.9. The summed E-state index contributed by atoms with van der Waals surface area (Å²) in [7, 11) is 0. The monoisotopic (exact) mass is 379 g/mol. The molecular weight excluding hydrogens is 361 g/mol. The number of hydrogen-bond acceptors (Lipinski definition) is 1. The molecule has 0 aliphatic carbocycles. The number of amides is 1. The van der Waals surface area contributed by atoms with Crippen LogP contribution in [0.1, 0.15) is 41.6 Å². The number of rotatable bonds is 7. The summed E-state index contributed by atoms with van der Waals surface area (Å²) in [6, 6.07) is 5.42. The third-order valence-electron chi connectivity index (χ3n) is 2.65. The summed E-state index contributed by atoms with van der Waals surface area (Å²) < 4.78 is 1.21. The lowest BCUT2D eigenvalue weighted by atomic mass is 10.1. The molecule has 0 unspecified atom stereocenters. The number of halogens is 2. The van der Waals surface area contributed by atoms with Crippen LogP contribution in [0.5, 0.6) is 0 Å². The highest BCUT2D eigenvalue weighted by Crippen LogP contribution is 2.14. The van der Waals surface area contributed by atoms with Gasteiger partial charge in [0.2, 0.25) is 0 Å². The highest BCUT2D eigenvalue weighted by Gasteiger charge is 2.06. The zero-order valence-corrected chi connectivity index (χ0v) is 13.6. The summed E-state index contributed by atoms with van der Waals surface area (Å²) in [4.78, 5) is 11.9. The Morgan fingerprint density at radius 1 is 1.22 bits per heavy atom. The maximum atomic E-state index is 11.9. The molecule has 0 heterocycles. The van der Waals surface area contributed by atoms with Crippen molar-refractivity contribution in [2.45, 2.75) is 32.6 Å². The van der Waals surface area contributed by atoms with Crippen LogP contribution in [0.2, 0.25) is 5.02 Å². The highest BCUT2D eigenvalue weighted by molar-refractivity contribution is 14.1. The van der Waals surface area contributed by atoms with Gasteiger partial charge in [0.25, 0.3) is 5.91 Å². The van der Waals surface area contributed by atoms with Crippen molar-refractivity contribution in [2.24, 2.45) is 0 Å². The van der Waals surface area contributed by atoms with Gasteiger partial charge in [0, 0.05) is 17.1 Å². The van der Waals surface area contributed by atoms with Crippen LogP contribution in [0.3, 0.4) is 0 Å². The molecule has 0 atom stereocenters. The summed E-state index contributed by atoms with van der Waals surface area (Å²) in [6.07, 6.45) is 4.73. The number of carbonyl (C=O) groups is 1. The van der Waals surface area contributed by atoms with E-state index in [0.717, 1.165) is 18.5 Å². The van der Waals surface area contributed by atoms with E-state index in [2.05, 4.69) is 27.9 Å². The lowest BCUT2D eigenvalue weighted by molar-refractivity contribution is 0.0953. The molecule has 100 valence electrons. The quantitative estimate of drug-likeness (QED) is 0.425. The second-order valence-corrected chi connectivity index (χ2v) is 5.89. The SMILES string of the molecule is Cc1cc(Cl)cc(C(=O)NCCCCCCI)c1. The Morgan fingerprint density at radius 2 is 1.94 bits per heavy atom. The predicted octanol–water partition coefficient (Wildman–Crippen LogP) is 4.37. The van der Waals surface area contributed by atoms with Crippen molar-refractivity contribution in [2.75, 3.05) is 11.0 Å². The lowest BCUT2D eigenvalue weighted by Gasteiger charge is -2.06. The Kier molecular flexibility index (Phi) is 7.66. The second kappa shape index (κ2) is 8.75. The van der Waals surface area contributed by atoms with Crippen LogP contribution in [0, 0.1) is 6.92 Å². The first kappa shape index (κ1) is 15.8. The predicted molar refractivity (Wildman–Crippen MR) is 85.9 cm³/mol. The number of carbonyl (C=O) groups excluding carboxylic acids is 1. The zero-order valence-electron chi connectivity index (χ0n) is 10.6. The van der Waals surface area contributed by atoms with E-state index in [1.54, 1.807) is 6.07 Å². The minimum absolute atomic E-state index is 0.0329. The van der Waals surface area contributed by atoms with Crippen molar-refractivity contribution in [1.29, 1.82) is 0 Å². The molecule has 0 spiro atoms. The third-order valence-corrected chi connectivity index (χ3v) is 3.63. The normalized spacial score (nSPS) is 10.4. The van der Waals surface area contributed by atoms with Crippen LogP contribution in [-0.2, 0) is 0 Å². The standard InChI is InChI=1S/C14H19ClINO/c1-11-8-12(10-13(15)9-11)14(18)17-7-5-3-2-4-6-16/h8-10H,2-7H2,1H3,(H,17,18). The van der Waals surface area contributed by atoms with Crippen molar-refractivity contribution in [3.63, 3.8) is 0 Å². The van der Waals surface area contributed by atoms with E-state index in [1.807, 2.05) is 19.1 Å². The van der Waals surface area contributed by atoms with Gasteiger partial charge in [-0.2, -0.15) is 0 Å². The second-order valence-electron chi connectivity index (χ2n) is 4.38. The van der Waals surface area contributed by atoms with Gasteiger partial charge in [0.1, 0.15) is 0 Å². The molecule has 0 saturated carbocycles. The fourth-order valence-electron chi connectivity index (χ4n) is 1.74. The fraction of sp³-hybridized carbons (Fsp3) is 0.500. The molecule has 4 heteroatoms. The number of alkyl halides is 1. The van der Waals surface area contributed by atoms with Gasteiger partial charge in [0.15, 0.2) is 0 Å². The summed E-state index contributed by atoms with van der Waals surface area (Å²) in [5.74, 6) is -0.0329. The smallest absolute Gasteiger partial charge is 0.251 e.